The van der Waals surface area contributed by atoms with E-state index in [0.29, 0.717) is 47.9 Å². The first-order valence-electron chi connectivity index (χ1n) is 14.5. The summed E-state index contributed by atoms with van der Waals surface area (Å²) in [5.74, 6) is -4.90. The summed E-state index contributed by atoms with van der Waals surface area (Å²) in [6.45, 7) is 2.44. The molecule has 19 heteroatoms. The van der Waals surface area contributed by atoms with Crippen LogP contribution in [0.2, 0.25) is 0 Å². The minimum absolute atomic E-state index is 0.0509. The Morgan fingerprint density at radius 2 is 1.41 bits per heavy atom. The number of fused-ring (bicyclic) bond motifs is 4. The first-order valence-corrected chi connectivity index (χ1v) is 14.5. The van der Waals surface area contributed by atoms with Crippen molar-refractivity contribution in [2.45, 2.75) is 43.4 Å². The number of piperazine rings is 1. The van der Waals surface area contributed by atoms with Crippen LogP contribution < -0.4 is 15.1 Å². The number of hydrogen-bond donors (Lipinski definition) is 5. The van der Waals surface area contributed by atoms with Crippen LogP contribution in [0.25, 0.3) is 32.9 Å². The summed E-state index contributed by atoms with van der Waals surface area (Å²) in [7, 11) is 0. The minimum atomic E-state index is -5.08. The Bertz CT molecular complexity index is 1850. The fourth-order valence-corrected chi connectivity index (χ4v) is 5.68. The number of hydrogen-bond acceptors (Lipinski definition) is 10. The predicted octanol–water partition coefficient (Wildman–Crippen LogP) is 4.08. The van der Waals surface area contributed by atoms with Gasteiger partial charge in [0.25, 0.3) is 0 Å². The van der Waals surface area contributed by atoms with E-state index in [9.17, 15) is 36.6 Å². The number of nitrogens with one attached hydrogen (secondary N) is 1. The topological polar surface area (TPSA) is 172 Å². The molecule has 3 fully saturated rings. The van der Waals surface area contributed by atoms with Gasteiger partial charge in [-0.3, -0.25) is 4.98 Å². The number of benzene rings is 2. The van der Waals surface area contributed by atoms with E-state index in [1.807, 2.05) is 29.2 Å². The standard InChI is InChI=1S/C26H25FN6O2.2C2HF3O2/c27-22-23(20-8-17(34)7-14-3-1-2-4-19(14)20)28-9-21-24(22)30-26(33-12-18(35)13-33)31-25(21)32-10-15-5-6-16(11-32)29-15;2*3-2(4,5)1(6)7/h1-4,7-9,15-16,18,29,34-35H,5-6,10-13H2;2*(H,6,7). The second-order valence-electron chi connectivity index (χ2n) is 11.5. The Balaban J connectivity index is 0.000000284. The maximum absolute atomic E-state index is 16.2. The number of carboxylic acid groups (broad SMARTS) is 2. The van der Waals surface area contributed by atoms with Crippen molar-refractivity contribution in [3.8, 4) is 17.0 Å². The molecule has 3 aliphatic rings. The fraction of sp³-hybridized carbons (Fsp3) is 0.367. The molecule has 2 aromatic heterocycles. The number of aliphatic carboxylic acids is 2. The Labute approximate surface area is 271 Å². The fourth-order valence-electron chi connectivity index (χ4n) is 5.68. The smallest absolute Gasteiger partial charge is 0.490 e. The molecule has 0 saturated carbocycles. The van der Waals surface area contributed by atoms with E-state index in [-0.39, 0.29) is 17.0 Å². The molecule has 2 aromatic carbocycles. The number of aliphatic hydroxyl groups is 1. The van der Waals surface area contributed by atoms with E-state index in [0.717, 1.165) is 36.7 Å². The maximum atomic E-state index is 16.2. The van der Waals surface area contributed by atoms with Crippen molar-refractivity contribution in [1.29, 1.82) is 0 Å². The van der Waals surface area contributed by atoms with Gasteiger partial charge in [0.1, 0.15) is 22.8 Å². The van der Waals surface area contributed by atoms with E-state index >= 15 is 4.39 Å². The highest BCUT2D eigenvalue weighted by Crippen LogP contribution is 2.38. The molecule has 0 spiro atoms. The molecule has 3 aliphatic heterocycles. The second-order valence-corrected chi connectivity index (χ2v) is 11.5. The number of alkyl halides is 6. The number of halogens is 7. The van der Waals surface area contributed by atoms with Gasteiger partial charge in [-0.2, -0.15) is 31.3 Å². The van der Waals surface area contributed by atoms with E-state index in [4.69, 9.17) is 24.8 Å². The van der Waals surface area contributed by atoms with Crippen molar-refractivity contribution in [3.63, 3.8) is 0 Å². The number of aliphatic hydroxyl groups excluding tert-OH is 1. The molecular formula is C30H27F7N6O6. The highest BCUT2D eigenvalue weighted by molar-refractivity contribution is 6.00. The average molecular weight is 701 g/mol. The van der Waals surface area contributed by atoms with E-state index < -0.39 is 36.2 Å². The van der Waals surface area contributed by atoms with Crippen molar-refractivity contribution in [2.75, 3.05) is 36.0 Å². The monoisotopic (exact) mass is 700 g/mol. The summed E-state index contributed by atoms with van der Waals surface area (Å²) in [6, 6.07) is 11.5. The molecule has 262 valence electrons. The summed E-state index contributed by atoms with van der Waals surface area (Å²) in [6.07, 6.45) is -6.70. The van der Waals surface area contributed by atoms with Crippen LogP contribution in [-0.4, -0.2) is 104 Å². The summed E-state index contributed by atoms with van der Waals surface area (Å²) < 4.78 is 79.7. The first kappa shape index (κ1) is 35.3. The minimum Gasteiger partial charge on any atom is -0.508 e. The van der Waals surface area contributed by atoms with Crippen molar-refractivity contribution in [2.24, 2.45) is 0 Å². The Morgan fingerprint density at radius 1 is 0.837 bits per heavy atom. The number of rotatable bonds is 3. The van der Waals surface area contributed by atoms with Crippen molar-refractivity contribution < 1.29 is 60.7 Å². The Morgan fingerprint density at radius 3 is 1.96 bits per heavy atom. The summed E-state index contributed by atoms with van der Waals surface area (Å²) in [4.78, 5) is 35.9. The summed E-state index contributed by atoms with van der Waals surface area (Å²) in [5, 5.41) is 40.2. The average Bonchev–Trinajstić information content (AvgIpc) is 3.35. The van der Waals surface area contributed by atoms with Gasteiger partial charge in [0.05, 0.1) is 11.5 Å². The van der Waals surface area contributed by atoms with Crippen LogP contribution in [0.5, 0.6) is 5.75 Å². The number of pyridine rings is 1. The molecule has 2 bridgehead atoms. The summed E-state index contributed by atoms with van der Waals surface area (Å²) >= 11 is 0. The number of anilines is 2. The third kappa shape index (κ3) is 7.83. The molecule has 4 aromatic rings. The molecule has 3 saturated heterocycles. The SMILES string of the molecule is O=C(O)C(F)(F)F.O=C(O)C(F)(F)F.Oc1cc(-c2ncc3c(N4CC5CCC(C4)N5)nc(N4CC(O)C4)nc3c2F)c2ccccc2c1. The number of aromatic nitrogens is 3. The number of phenolic OH excluding ortho intramolecular Hbond substituents is 1. The molecule has 2 atom stereocenters. The van der Waals surface area contributed by atoms with Crippen LogP contribution >= 0.6 is 0 Å². The van der Waals surface area contributed by atoms with Crippen molar-refractivity contribution >= 4 is 45.4 Å². The highest BCUT2D eigenvalue weighted by Gasteiger charge is 2.39. The number of nitrogens with zero attached hydrogens (tertiary/aromatic N) is 5. The van der Waals surface area contributed by atoms with Crippen LogP contribution in [0.15, 0.2) is 42.6 Å². The van der Waals surface area contributed by atoms with Gasteiger partial charge in [0.15, 0.2) is 5.82 Å². The predicted molar refractivity (Wildman–Crippen MR) is 160 cm³/mol. The number of phenols is 1. The molecule has 0 amide bonds. The van der Waals surface area contributed by atoms with Crippen LogP contribution in [-0.2, 0) is 9.59 Å². The van der Waals surface area contributed by atoms with Gasteiger partial charge in [0.2, 0.25) is 5.95 Å². The lowest BCUT2D eigenvalue weighted by Gasteiger charge is -2.38. The lowest BCUT2D eigenvalue weighted by molar-refractivity contribution is -0.193. The number of carbonyl (C=O) groups is 2. The van der Waals surface area contributed by atoms with Gasteiger partial charge in [-0.05, 0) is 35.7 Å². The molecule has 12 nitrogen and oxygen atoms in total. The van der Waals surface area contributed by atoms with Gasteiger partial charge in [-0.1, -0.05) is 24.3 Å². The third-order valence-electron chi connectivity index (χ3n) is 7.90. The zero-order valence-corrected chi connectivity index (χ0v) is 25.0. The second kappa shape index (κ2) is 13.5. The molecule has 49 heavy (non-hydrogen) atoms. The summed E-state index contributed by atoms with van der Waals surface area (Å²) in [5.41, 5.74) is 0.861. The van der Waals surface area contributed by atoms with E-state index in [1.54, 1.807) is 18.3 Å². The van der Waals surface area contributed by atoms with Gasteiger partial charge in [-0.25, -0.2) is 19.0 Å². The third-order valence-corrected chi connectivity index (χ3v) is 7.90. The maximum Gasteiger partial charge on any atom is 0.490 e. The van der Waals surface area contributed by atoms with Gasteiger partial charge in [-0.15, -0.1) is 0 Å². The molecule has 7 rings (SSSR count). The Kier molecular flexibility index (Phi) is 9.69. The molecular weight excluding hydrogens is 673 g/mol. The van der Waals surface area contributed by atoms with Gasteiger partial charge in [0, 0.05) is 50.0 Å². The molecule has 0 radical (unpaired) electrons. The Hall–Kier alpha value is -5.04. The first-order chi connectivity index (χ1) is 22.9. The lowest BCUT2D eigenvalue weighted by atomic mass is 10.00. The van der Waals surface area contributed by atoms with Crippen LogP contribution in [0.3, 0.4) is 0 Å². The normalized spacial score (nSPS) is 19.1. The van der Waals surface area contributed by atoms with Gasteiger partial charge < -0.3 is 35.5 Å². The number of β-amino-alcohol motifs (C(OH)–C–C–N with tert-alkyl or cyclic N) is 1. The highest BCUT2D eigenvalue weighted by atomic mass is 19.4. The quantitative estimate of drug-likeness (QED) is 0.194. The molecule has 2 unspecified atom stereocenters. The van der Waals surface area contributed by atoms with Crippen LogP contribution in [0.4, 0.5) is 42.5 Å². The van der Waals surface area contributed by atoms with Crippen LogP contribution in [0, 0.1) is 5.82 Å². The molecule has 5 N–H and O–H groups in total. The zero-order valence-electron chi connectivity index (χ0n) is 25.0. The molecule has 0 aliphatic carbocycles. The largest absolute Gasteiger partial charge is 0.508 e. The van der Waals surface area contributed by atoms with Crippen LogP contribution in [0.1, 0.15) is 12.8 Å². The number of carboxylic acids is 2. The van der Waals surface area contributed by atoms with E-state index in [1.165, 1.54) is 0 Å². The van der Waals surface area contributed by atoms with E-state index in [2.05, 4.69) is 20.2 Å². The lowest BCUT2D eigenvalue weighted by Crippen LogP contribution is -2.53. The van der Waals surface area contributed by atoms with Crippen molar-refractivity contribution in [1.82, 2.24) is 20.3 Å². The zero-order chi connectivity index (χ0) is 35.8. The molecule has 5 heterocycles. The van der Waals surface area contributed by atoms with Gasteiger partial charge >= 0.3 is 24.3 Å². The number of aromatic hydroxyl groups is 1. The van der Waals surface area contributed by atoms with Crippen molar-refractivity contribution in [3.05, 3.63) is 48.4 Å².